The van der Waals surface area contributed by atoms with Crippen LogP contribution in [0.1, 0.15) is 11.1 Å². The van der Waals surface area contributed by atoms with Crippen LogP contribution in [-0.4, -0.2) is 4.98 Å². The number of pyridine rings is 1. The molecule has 0 saturated heterocycles. The van der Waals surface area contributed by atoms with Crippen LogP contribution in [0.15, 0.2) is 67.0 Å². The van der Waals surface area contributed by atoms with E-state index in [4.69, 9.17) is 4.74 Å². The minimum Gasteiger partial charge on any atom is -0.486 e. The fraction of sp³-hybridized carbons (Fsp3) is 0.105. The van der Waals surface area contributed by atoms with Crippen LogP contribution in [0.25, 0.3) is 11.1 Å². The van der Waals surface area contributed by atoms with E-state index in [1.54, 1.807) is 24.4 Å². The number of ether oxygens (including phenoxy) is 1. The van der Waals surface area contributed by atoms with Gasteiger partial charge in [0.2, 0.25) is 0 Å². The number of nitrogens with zero attached hydrogens (tertiary/aromatic N) is 1. The van der Waals surface area contributed by atoms with Crippen molar-refractivity contribution >= 4 is 0 Å². The summed E-state index contributed by atoms with van der Waals surface area (Å²) in [5.41, 5.74) is 4.25. The number of aromatic nitrogens is 1. The van der Waals surface area contributed by atoms with E-state index < -0.39 is 0 Å². The van der Waals surface area contributed by atoms with E-state index in [1.807, 2.05) is 12.3 Å². The number of para-hydroxylation sites is 1. The summed E-state index contributed by atoms with van der Waals surface area (Å²) in [6, 6.07) is 16.7. The molecule has 1 heterocycles. The first-order chi connectivity index (χ1) is 10.7. The lowest BCUT2D eigenvalue weighted by Gasteiger charge is -2.08. The lowest BCUT2D eigenvalue weighted by molar-refractivity contribution is 0.290. The smallest absolute Gasteiger partial charge is 0.165 e. The highest BCUT2D eigenvalue weighted by atomic mass is 19.1. The molecule has 0 unspecified atom stereocenters. The third-order valence-electron chi connectivity index (χ3n) is 3.41. The van der Waals surface area contributed by atoms with Crippen molar-refractivity contribution < 1.29 is 9.13 Å². The van der Waals surface area contributed by atoms with Crippen molar-refractivity contribution in [3.8, 4) is 16.9 Å². The fourth-order valence-electron chi connectivity index (χ4n) is 2.19. The van der Waals surface area contributed by atoms with Crippen LogP contribution in [0.5, 0.6) is 5.75 Å². The van der Waals surface area contributed by atoms with Crippen molar-refractivity contribution in [2.45, 2.75) is 13.5 Å². The maximum Gasteiger partial charge on any atom is 0.165 e. The molecule has 0 spiro atoms. The van der Waals surface area contributed by atoms with Gasteiger partial charge in [-0.3, -0.25) is 4.98 Å². The molecule has 0 N–H and O–H groups in total. The fourth-order valence-corrected chi connectivity index (χ4v) is 2.19. The summed E-state index contributed by atoms with van der Waals surface area (Å²) in [6.45, 7) is 2.34. The van der Waals surface area contributed by atoms with E-state index in [-0.39, 0.29) is 18.2 Å². The Morgan fingerprint density at radius 2 is 1.73 bits per heavy atom. The normalized spacial score (nSPS) is 10.5. The van der Waals surface area contributed by atoms with Crippen LogP contribution in [0.4, 0.5) is 4.39 Å². The van der Waals surface area contributed by atoms with E-state index in [0.717, 1.165) is 16.7 Å². The van der Waals surface area contributed by atoms with Gasteiger partial charge in [-0.1, -0.05) is 42.0 Å². The average Bonchev–Trinajstić information content (AvgIpc) is 2.55. The quantitative estimate of drug-likeness (QED) is 0.691. The van der Waals surface area contributed by atoms with Gasteiger partial charge in [0, 0.05) is 23.5 Å². The molecule has 2 nitrogen and oxygen atoms in total. The molecule has 110 valence electrons. The highest BCUT2D eigenvalue weighted by Gasteiger charge is 2.04. The van der Waals surface area contributed by atoms with Crippen molar-refractivity contribution in [1.82, 2.24) is 4.98 Å². The SMILES string of the molecule is Cc1ccc(-c2cncc(COc3ccccc3F)c2)cc1. The Labute approximate surface area is 129 Å². The zero-order valence-electron chi connectivity index (χ0n) is 12.3. The van der Waals surface area contributed by atoms with Crippen LogP contribution in [0, 0.1) is 12.7 Å². The highest BCUT2D eigenvalue weighted by molar-refractivity contribution is 5.63. The van der Waals surface area contributed by atoms with Crippen molar-refractivity contribution in [2.24, 2.45) is 0 Å². The van der Waals surface area contributed by atoms with Gasteiger partial charge in [-0.15, -0.1) is 0 Å². The predicted octanol–water partition coefficient (Wildman–Crippen LogP) is 4.78. The lowest BCUT2D eigenvalue weighted by atomic mass is 10.0. The first-order valence-corrected chi connectivity index (χ1v) is 7.11. The number of aryl methyl sites for hydroxylation is 1. The van der Waals surface area contributed by atoms with E-state index in [1.165, 1.54) is 11.6 Å². The third kappa shape index (κ3) is 3.31. The molecule has 0 bridgehead atoms. The molecule has 0 radical (unpaired) electrons. The van der Waals surface area contributed by atoms with E-state index >= 15 is 0 Å². The van der Waals surface area contributed by atoms with Crippen LogP contribution in [0.2, 0.25) is 0 Å². The molecule has 0 fully saturated rings. The Hall–Kier alpha value is -2.68. The molecule has 22 heavy (non-hydrogen) atoms. The third-order valence-corrected chi connectivity index (χ3v) is 3.41. The minimum atomic E-state index is -0.356. The van der Waals surface area contributed by atoms with E-state index in [0.29, 0.717) is 0 Å². The van der Waals surface area contributed by atoms with E-state index in [9.17, 15) is 4.39 Å². The molecule has 1 aromatic heterocycles. The second kappa shape index (κ2) is 6.39. The number of halogens is 1. The summed E-state index contributed by atoms with van der Waals surface area (Å²) in [5, 5.41) is 0. The Kier molecular flexibility index (Phi) is 4.15. The average molecular weight is 293 g/mol. The molecule has 0 aliphatic carbocycles. The summed E-state index contributed by atoms with van der Waals surface area (Å²) >= 11 is 0. The monoisotopic (exact) mass is 293 g/mol. The minimum absolute atomic E-state index is 0.253. The molecule has 0 saturated carbocycles. The number of hydrogen-bond acceptors (Lipinski definition) is 2. The Morgan fingerprint density at radius 3 is 2.50 bits per heavy atom. The molecule has 0 atom stereocenters. The van der Waals surface area contributed by atoms with Gasteiger partial charge in [-0.05, 0) is 30.7 Å². The summed E-state index contributed by atoms with van der Waals surface area (Å²) in [7, 11) is 0. The standard InChI is InChI=1S/C19H16FNO/c1-14-6-8-16(9-7-14)17-10-15(11-21-12-17)13-22-19-5-3-2-4-18(19)20/h2-12H,13H2,1H3. The molecular formula is C19H16FNO. The summed E-state index contributed by atoms with van der Waals surface area (Å²) in [5.74, 6) is -0.103. The van der Waals surface area contributed by atoms with Crippen LogP contribution >= 0.6 is 0 Å². The van der Waals surface area contributed by atoms with Crippen molar-refractivity contribution in [2.75, 3.05) is 0 Å². The molecule has 3 aromatic rings. The van der Waals surface area contributed by atoms with Crippen molar-refractivity contribution in [1.29, 1.82) is 0 Å². The van der Waals surface area contributed by atoms with Gasteiger partial charge < -0.3 is 4.74 Å². The zero-order valence-corrected chi connectivity index (χ0v) is 12.3. The van der Waals surface area contributed by atoms with Gasteiger partial charge in [-0.25, -0.2) is 4.39 Å². The van der Waals surface area contributed by atoms with Crippen LogP contribution in [-0.2, 0) is 6.61 Å². The topological polar surface area (TPSA) is 22.1 Å². The Morgan fingerprint density at radius 1 is 0.955 bits per heavy atom. The van der Waals surface area contributed by atoms with Crippen LogP contribution < -0.4 is 4.74 Å². The Bertz CT molecular complexity index is 768. The first-order valence-electron chi connectivity index (χ1n) is 7.11. The first kappa shape index (κ1) is 14.3. The maximum atomic E-state index is 13.5. The van der Waals surface area contributed by atoms with Gasteiger partial charge >= 0.3 is 0 Å². The van der Waals surface area contributed by atoms with Gasteiger partial charge in [0.15, 0.2) is 11.6 Å². The lowest BCUT2D eigenvalue weighted by Crippen LogP contribution is -1.98. The Balaban J connectivity index is 1.77. The molecule has 3 heteroatoms. The number of hydrogen-bond donors (Lipinski definition) is 0. The molecule has 2 aromatic carbocycles. The molecule has 0 amide bonds. The predicted molar refractivity (Wildman–Crippen MR) is 85.1 cm³/mol. The summed E-state index contributed by atoms with van der Waals surface area (Å²) in [4.78, 5) is 4.24. The van der Waals surface area contributed by atoms with Gasteiger partial charge in [0.05, 0.1) is 0 Å². The molecule has 3 rings (SSSR count). The van der Waals surface area contributed by atoms with Crippen LogP contribution in [0.3, 0.4) is 0 Å². The highest BCUT2D eigenvalue weighted by Crippen LogP contribution is 2.21. The van der Waals surface area contributed by atoms with Gasteiger partial charge in [0.25, 0.3) is 0 Å². The second-order valence-corrected chi connectivity index (χ2v) is 5.17. The second-order valence-electron chi connectivity index (χ2n) is 5.17. The largest absolute Gasteiger partial charge is 0.486 e. The summed E-state index contributed by atoms with van der Waals surface area (Å²) in [6.07, 6.45) is 3.55. The summed E-state index contributed by atoms with van der Waals surface area (Å²) < 4.78 is 19.1. The van der Waals surface area contributed by atoms with E-state index in [2.05, 4.69) is 36.2 Å². The number of rotatable bonds is 4. The molecular weight excluding hydrogens is 277 g/mol. The van der Waals surface area contributed by atoms with Gasteiger partial charge in [0.1, 0.15) is 6.61 Å². The molecule has 0 aliphatic heterocycles. The number of benzene rings is 2. The van der Waals surface area contributed by atoms with Crippen molar-refractivity contribution in [3.63, 3.8) is 0 Å². The molecule has 0 aliphatic rings. The maximum absolute atomic E-state index is 13.5. The zero-order chi connectivity index (χ0) is 15.4. The van der Waals surface area contributed by atoms with Gasteiger partial charge in [-0.2, -0.15) is 0 Å². The van der Waals surface area contributed by atoms with Crippen molar-refractivity contribution in [3.05, 3.63) is 83.9 Å².